The predicted molar refractivity (Wildman–Crippen MR) is 80.0 cm³/mol. The number of hydrogen-bond donors (Lipinski definition) is 0. The first kappa shape index (κ1) is 14.4. The van der Waals surface area contributed by atoms with E-state index in [2.05, 4.69) is 5.10 Å². The highest BCUT2D eigenvalue weighted by atomic mass is 19.1. The summed E-state index contributed by atoms with van der Waals surface area (Å²) in [5.74, 6) is -1.35. The van der Waals surface area contributed by atoms with Crippen molar-refractivity contribution in [3.8, 4) is 11.3 Å². The van der Waals surface area contributed by atoms with E-state index in [4.69, 9.17) is 0 Å². The summed E-state index contributed by atoms with van der Waals surface area (Å²) in [6, 6.07) is 6.93. The monoisotopic (exact) mass is 300 g/mol. The van der Waals surface area contributed by atoms with Crippen LogP contribution in [0.1, 0.15) is 35.7 Å². The lowest BCUT2D eigenvalue weighted by atomic mass is 9.94. The molecule has 0 atom stereocenters. The van der Waals surface area contributed by atoms with Crippen molar-refractivity contribution >= 4 is 11.8 Å². The van der Waals surface area contributed by atoms with Gasteiger partial charge in [-0.25, -0.2) is 13.3 Å². The summed E-state index contributed by atoms with van der Waals surface area (Å²) in [5, 5.41) is 4.33. The Morgan fingerprint density at radius 1 is 1.23 bits per heavy atom. The summed E-state index contributed by atoms with van der Waals surface area (Å²) in [6.07, 6.45) is 2.42. The average Bonchev–Trinajstić information content (AvgIpc) is 2.92. The van der Waals surface area contributed by atoms with Gasteiger partial charge in [0.15, 0.2) is 6.29 Å². The van der Waals surface area contributed by atoms with E-state index < -0.39 is 11.6 Å². The molecule has 5 heteroatoms. The molecule has 2 aromatic heterocycles. The van der Waals surface area contributed by atoms with Crippen molar-refractivity contribution in [2.45, 2.75) is 19.8 Å². The Hall–Kier alpha value is -2.56. The van der Waals surface area contributed by atoms with E-state index in [1.165, 1.54) is 6.07 Å². The molecule has 112 valence electrons. The molecule has 0 radical (unpaired) electrons. The van der Waals surface area contributed by atoms with E-state index in [0.717, 1.165) is 23.2 Å². The second-order valence-corrected chi connectivity index (χ2v) is 5.41. The fraction of sp³-hybridized carbons (Fsp3) is 0.176. The van der Waals surface area contributed by atoms with Crippen molar-refractivity contribution in [1.29, 1.82) is 0 Å². The minimum Gasteiger partial charge on any atom is -0.298 e. The van der Waals surface area contributed by atoms with Gasteiger partial charge in [0.2, 0.25) is 0 Å². The maximum atomic E-state index is 14.1. The molecule has 22 heavy (non-hydrogen) atoms. The Balaban J connectivity index is 2.40. The molecule has 0 aliphatic carbocycles. The van der Waals surface area contributed by atoms with Crippen LogP contribution in [-0.2, 0) is 0 Å². The van der Waals surface area contributed by atoms with Crippen LogP contribution in [0.3, 0.4) is 0 Å². The number of rotatable bonds is 3. The van der Waals surface area contributed by atoms with Gasteiger partial charge >= 0.3 is 0 Å². The van der Waals surface area contributed by atoms with Crippen molar-refractivity contribution < 1.29 is 13.6 Å². The molecule has 3 nitrogen and oxygen atoms in total. The topological polar surface area (TPSA) is 34.4 Å². The van der Waals surface area contributed by atoms with Gasteiger partial charge in [0.1, 0.15) is 17.3 Å². The molecule has 2 heterocycles. The fourth-order valence-electron chi connectivity index (χ4n) is 2.71. The minimum absolute atomic E-state index is 0.0582. The second-order valence-electron chi connectivity index (χ2n) is 5.41. The molecule has 3 aromatic rings. The van der Waals surface area contributed by atoms with Crippen LogP contribution in [0.15, 0.2) is 36.5 Å². The lowest BCUT2D eigenvalue weighted by molar-refractivity contribution is 0.112. The number of carbonyl (C=O) groups is 1. The molecule has 3 rings (SSSR count). The number of benzene rings is 1. The summed E-state index contributed by atoms with van der Waals surface area (Å²) in [7, 11) is 0. The highest BCUT2D eigenvalue weighted by Gasteiger charge is 2.20. The van der Waals surface area contributed by atoms with Gasteiger partial charge in [0.05, 0.1) is 5.52 Å². The lowest BCUT2D eigenvalue weighted by Gasteiger charge is -2.15. The van der Waals surface area contributed by atoms with Crippen molar-refractivity contribution in [2.24, 2.45) is 0 Å². The molecule has 1 aromatic carbocycles. The summed E-state index contributed by atoms with van der Waals surface area (Å²) < 4.78 is 28.8. The molecule has 0 fully saturated rings. The normalized spacial score (nSPS) is 11.3. The maximum Gasteiger partial charge on any atom is 0.152 e. The van der Waals surface area contributed by atoms with Crippen LogP contribution in [0.5, 0.6) is 0 Å². The van der Waals surface area contributed by atoms with Gasteiger partial charge in [0.25, 0.3) is 0 Å². The van der Waals surface area contributed by atoms with Gasteiger partial charge in [-0.15, -0.1) is 0 Å². The molecule has 0 saturated carbocycles. The molecular formula is C17H14F2N2O. The Labute approximate surface area is 126 Å². The van der Waals surface area contributed by atoms with E-state index in [9.17, 15) is 13.6 Å². The molecule has 0 aliphatic rings. The van der Waals surface area contributed by atoms with Crippen molar-refractivity contribution in [3.05, 3.63) is 59.3 Å². The fourth-order valence-corrected chi connectivity index (χ4v) is 2.71. The Bertz CT molecular complexity index is 868. The molecular weight excluding hydrogens is 286 g/mol. The van der Waals surface area contributed by atoms with Crippen molar-refractivity contribution in [3.63, 3.8) is 0 Å². The van der Waals surface area contributed by atoms with E-state index >= 15 is 0 Å². The molecule has 0 bridgehead atoms. The Morgan fingerprint density at radius 2 is 2.00 bits per heavy atom. The highest BCUT2D eigenvalue weighted by molar-refractivity contribution is 5.90. The smallest absolute Gasteiger partial charge is 0.152 e. The van der Waals surface area contributed by atoms with Crippen molar-refractivity contribution in [1.82, 2.24) is 9.61 Å². The van der Waals surface area contributed by atoms with E-state index in [1.54, 1.807) is 10.7 Å². The van der Waals surface area contributed by atoms with Crippen LogP contribution in [-0.4, -0.2) is 15.9 Å². The van der Waals surface area contributed by atoms with Crippen LogP contribution in [0.4, 0.5) is 8.78 Å². The number of aldehydes is 1. The first-order valence-corrected chi connectivity index (χ1v) is 6.94. The quantitative estimate of drug-likeness (QED) is 0.679. The third-order valence-electron chi connectivity index (χ3n) is 3.64. The zero-order valence-electron chi connectivity index (χ0n) is 12.2. The van der Waals surface area contributed by atoms with E-state index in [1.807, 2.05) is 26.0 Å². The SMILES string of the molecule is CC(C)c1c(C=O)c(-c2ccc(F)cc2F)nn2cccc12. The predicted octanol–water partition coefficient (Wildman–Crippen LogP) is 4.22. The number of fused-ring (bicyclic) bond motifs is 1. The zero-order chi connectivity index (χ0) is 15.9. The van der Waals surface area contributed by atoms with Crippen LogP contribution in [0.2, 0.25) is 0 Å². The van der Waals surface area contributed by atoms with E-state index in [0.29, 0.717) is 11.8 Å². The lowest BCUT2D eigenvalue weighted by Crippen LogP contribution is -2.07. The minimum atomic E-state index is -0.739. The number of aromatic nitrogens is 2. The number of carbonyl (C=O) groups excluding carboxylic acids is 1. The van der Waals surface area contributed by atoms with Crippen LogP contribution < -0.4 is 0 Å². The number of halogens is 2. The summed E-state index contributed by atoms with van der Waals surface area (Å²) >= 11 is 0. The highest BCUT2D eigenvalue weighted by Crippen LogP contribution is 2.32. The van der Waals surface area contributed by atoms with Gasteiger partial charge in [-0.1, -0.05) is 13.8 Å². The Morgan fingerprint density at radius 3 is 2.64 bits per heavy atom. The second kappa shape index (κ2) is 5.33. The summed E-state index contributed by atoms with van der Waals surface area (Å²) in [6.45, 7) is 3.92. The standard InChI is InChI=1S/C17H14F2N2O/c1-10(2)16-13(9-22)17(20-21-7-3-4-15(16)21)12-6-5-11(18)8-14(12)19/h3-10H,1-2H3. The first-order valence-electron chi connectivity index (χ1n) is 6.94. The number of hydrogen-bond acceptors (Lipinski definition) is 2. The molecule has 0 N–H and O–H groups in total. The Kier molecular flexibility index (Phi) is 3.48. The van der Waals surface area contributed by atoms with E-state index in [-0.39, 0.29) is 17.2 Å². The third-order valence-corrected chi connectivity index (χ3v) is 3.64. The molecule has 0 saturated heterocycles. The van der Waals surface area contributed by atoms with Gasteiger partial charge in [-0.3, -0.25) is 4.79 Å². The van der Waals surface area contributed by atoms with Crippen LogP contribution >= 0.6 is 0 Å². The van der Waals surface area contributed by atoms with Gasteiger partial charge in [0, 0.05) is 23.4 Å². The average molecular weight is 300 g/mol. The van der Waals surface area contributed by atoms with Gasteiger partial charge in [-0.05, 0) is 35.7 Å². The third kappa shape index (κ3) is 2.19. The maximum absolute atomic E-state index is 14.1. The molecule has 0 aliphatic heterocycles. The molecule has 0 unspecified atom stereocenters. The largest absolute Gasteiger partial charge is 0.298 e. The zero-order valence-corrected chi connectivity index (χ0v) is 12.2. The van der Waals surface area contributed by atoms with Gasteiger partial charge in [-0.2, -0.15) is 5.10 Å². The van der Waals surface area contributed by atoms with Crippen molar-refractivity contribution in [2.75, 3.05) is 0 Å². The van der Waals surface area contributed by atoms with Gasteiger partial charge < -0.3 is 0 Å². The first-order chi connectivity index (χ1) is 10.5. The van der Waals surface area contributed by atoms with Crippen LogP contribution in [0.25, 0.3) is 16.8 Å². The molecule has 0 spiro atoms. The summed E-state index contributed by atoms with van der Waals surface area (Å²) in [4.78, 5) is 11.6. The van der Waals surface area contributed by atoms with Crippen LogP contribution in [0, 0.1) is 11.6 Å². The molecule has 0 amide bonds. The summed E-state index contributed by atoms with van der Waals surface area (Å²) in [5.41, 5.74) is 2.28. The number of nitrogens with zero attached hydrogens (tertiary/aromatic N) is 2.